The van der Waals surface area contributed by atoms with Crippen molar-refractivity contribution in [2.24, 2.45) is 7.05 Å². The van der Waals surface area contributed by atoms with Crippen molar-refractivity contribution in [1.82, 2.24) is 14.8 Å². The van der Waals surface area contributed by atoms with E-state index in [-0.39, 0.29) is 23.7 Å². The number of aromatic amines is 1. The molecule has 100 valence electrons. The van der Waals surface area contributed by atoms with Crippen LogP contribution in [0.25, 0.3) is 0 Å². The first-order valence-electron chi connectivity index (χ1n) is 5.65. The van der Waals surface area contributed by atoms with Gasteiger partial charge < -0.3 is 14.6 Å². The van der Waals surface area contributed by atoms with Crippen molar-refractivity contribution in [3.63, 3.8) is 0 Å². The Balaban J connectivity index is 1.97. The number of hydrogen-bond acceptors (Lipinski definition) is 4. The molecule has 0 radical (unpaired) electrons. The second-order valence-electron chi connectivity index (χ2n) is 4.06. The quantitative estimate of drug-likeness (QED) is 0.836. The molecule has 0 spiro atoms. The molecular formula is C12H14N4O3. The highest BCUT2D eigenvalue weighted by atomic mass is 16.5. The molecule has 0 aromatic carbocycles. The average Bonchev–Trinajstić information content (AvgIpc) is 2.85. The number of ether oxygens (including phenoxy) is 1. The maximum Gasteiger partial charge on any atom is 0.263 e. The number of carbonyl (C=O) groups excluding carboxylic acids is 1. The maximum atomic E-state index is 11.6. The van der Waals surface area contributed by atoms with Crippen LogP contribution in [0.2, 0.25) is 0 Å². The second kappa shape index (κ2) is 5.38. The number of anilines is 1. The van der Waals surface area contributed by atoms with Crippen LogP contribution < -0.4 is 15.5 Å². The average molecular weight is 262 g/mol. The predicted molar refractivity (Wildman–Crippen MR) is 69.1 cm³/mol. The Morgan fingerprint density at radius 3 is 3.05 bits per heavy atom. The van der Waals surface area contributed by atoms with E-state index in [0.717, 1.165) is 5.69 Å². The standard InChI is InChI=1S/C12H14N4O3/c1-8-5-9(17)10(6-16(8)2)19-7-12(18)14-11-3-4-13-15-11/h3-6H,7H2,1-2H3,(H2,13,14,15,18). The predicted octanol–water partition coefficient (Wildman–Crippen LogP) is 0.434. The van der Waals surface area contributed by atoms with Crippen LogP contribution in [0.15, 0.2) is 29.3 Å². The van der Waals surface area contributed by atoms with E-state index in [1.54, 1.807) is 23.9 Å². The van der Waals surface area contributed by atoms with Gasteiger partial charge in [0.25, 0.3) is 5.91 Å². The summed E-state index contributed by atoms with van der Waals surface area (Å²) in [5, 5.41) is 8.83. The molecule has 2 aromatic rings. The molecule has 0 saturated carbocycles. The molecule has 0 unspecified atom stereocenters. The highest BCUT2D eigenvalue weighted by Gasteiger charge is 2.07. The minimum Gasteiger partial charge on any atom is -0.478 e. The van der Waals surface area contributed by atoms with E-state index < -0.39 is 0 Å². The molecule has 0 saturated heterocycles. The van der Waals surface area contributed by atoms with E-state index >= 15 is 0 Å². The zero-order valence-corrected chi connectivity index (χ0v) is 10.6. The number of H-pyrrole nitrogens is 1. The van der Waals surface area contributed by atoms with Gasteiger partial charge in [0.15, 0.2) is 12.4 Å². The normalized spacial score (nSPS) is 10.2. The zero-order valence-electron chi connectivity index (χ0n) is 10.6. The molecule has 2 aromatic heterocycles. The summed E-state index contributed by atoms with van der Waals surface area (Å²) in [5.74, 6) is 0.255. The fourth-order valence-electron chi connectivity index (χ4n) is 1.47. The third kappa shape index (κ3) is 3.21. The van der Waals surface area contributed by atoms with Gasteiger partial charge in [0.1, 0.15) is 5.82 Å². The molecule has 0 aliphatic carbocycles. The summed E-state index contributed by atoms with van der Waals surface area (Å²) in [6.45, 7) is 1.58. The van der Waals surface area contributed by atoms with Gasteiger partial charge in [-0.1, -0.05) is 0 Å². The number of aryl methyl sites for hydroxylation is 2. The SMILES string of the molecule is Cc1cc(=O)c(OCC(=O)Nc2ccn[nH]2)cn1C. The van der Waals surface area contributed by atoms with Gasteiger partial charge in [-0.2, -0.15) is 5.10 Å². The van der Waals surface area contributed by atoms with E-state index in [4.69, 9.17) is 4.74 Å². The Labute approximate surface area is 109 Å². The molecule has 19 heavy (non-hydrogen) atoms. The first-order chi connectivity index (χ1) is 9.06. The van der Waals surface area contributed by atoms with Crippen LogP contribution in [0.4, 0.5) is 5.82 Å². The summed E-state index contributed by atoms with van der Waals surface area (Å²) >= 11 is 0. The molecule has 2 rings (SSSR count). The second-order valence-corrected chi connectivity index (χ2v) is 4.06. The molecule has 1 amide bonds. The first kappa shape index (κ1) is 12.9. The van der Waals surface area contributed by atoms with Crippen molar-refractivity contribution in [3.05, 3.63) is 40.4 Å². The van der Waals surface area contributed by atoms with E-state index in [2.05, 4.69) is 15.5 Å². The minimum atomic E-state index is -0.369. The van der Waals surface area contributed by atoms with Crippen molar-refractivity contribution in [1.29, 1.82) is 0 Å². The number of amides is 1. The highest BCUT2D eigenvalue weighted by molar-refractivity contribution is 5.90. The van der Waals surface area contributed by atoms with Gasteiger partial charge in [-0.05, 0) is 6.92 Å². The fourth-order valence-corrected chi connectivity index (χ4v) is 1.47. The van der Waals surface area contributed by atoms with Crippen molar-refractivity contribution in [2.75, 3.05) is 11.9 Å². The van der Waals surface area contributed by atoms with Crippen LogP contribution in [0, 0.1) is 6.92 Å². The molecule has 2 heterocycles. The summed E-state index contributed by atoms with van der Waals surface area (Å²) in [5.41, 5.74) is 0.573. The molecule has 0 aliphatic heterocycles. The van der Waals surface area contributed by atoms with Crippen LogP contribution in [0.3, 0.4) is 0 Å². The number of rotatable bonds is 4. The van der Waals surface area contributed by atoms with Crippen LogP contribution in [-0.4, -0.2) is 27.3 Å². The molecule has 0 bridgehead atoms. The van der Waals surface area contributed by atoms with Gasteiger partial charge in [0.05, 0.1) is 6.20 Å². The highest BCUT2D eigenvalue weighted by Crippen LogP contribution is 2.05. The van der Waals surface area contributed by atoms with Gasteiger partial charge in [0, 0.05) is 31.1 Å². The molecule has 0 fully saturated rings. The Bertz CT molecular complexity index is 631. The summed E-state index contributed by atoms with van der Waals surface area (Å²) < 4.78 is 6.96. The molecule has 7 nitrogen and oxygen atoms in total. The monoisotopic (exact) mass is 262 g/mol. The lowest BCUT2D eigenvalue weighted by molar-refractivity contribution is -0.118. The maximum absolute atomic E-state index is 11.6. The van der Waals surface area contributed by atoms with Gasteiger partial charge in [0.2, 0.25) is 5.43 Å². The first-order valence-corrected chi connectivity index (χ1v) is 5.65. The van der Waals surface area contributed by atoms with Gasteiger partial charge in [-0.3, -0.25) is 14.7 Å². The van der Waals surface area contributed by atoms with Crippen molar-refractivity contribution in [2.45, 2.75) is 6.92 Å². The number of aromatic nitrogens is 3. The smallest absolute Gasteiger partial charge is 0.263 e. The van der Waals surface area contributed by atoms with Crippen LogP contribution in [-0.2, 0) is 11.8 Å². The number of pyridine rings is 1. The van der Waals surface area contributed by atoms with Crippen molar-refractivity contribution < 1.29 is 9.53 Å². The topological polar surface area (TPSA) is 89.0 Å². The van der Waals surface area contributed by atoms with Crippen LogP contribution in [0.5, 0.6) is 5.75 Å². The Morgan fingerprint density at radius 2 is 2.37 bits per heavy atom. The third-order valence-electron chi connectivity index (χ3n) is 2.58. The summed E-state index contributed by atoms with van der Waals surface area (Å²) in [4.78, 5) is 23.2. The number of nitrogens with one attached hydrogen (secondary N) is 2. The largest absolute Gasteiger partial charge is 0.478 e. The third-order valence-corrected chi connectivity index (χ3v) is 2.58. The zero-order chi connectivity index (χ0) is 13.8. The fraction of sp³-hybridized carbons (Fsp3) is 0.250. The molecule has 0 atom stereocenters. The lowest BCUT2D eigenvalue weighted by atomic mass is 10.3. The van der Waals surface area contributed by atoms with E-state index in [9.17, 15) is 9.59 Å². The number of nitrogens with zero attached hydrogens (tertiary/aromatic N) is 2. The lowest BCUT2D eigenvalue weighted by Crippen LogP contribution is -2.23. The lowest BCUT2D eigenvalue weighted by Gasteiger charge is -2.08. The Kier molecular flexibility index (Phi) is 3.65. The van der Waals surface area contributed by atoms with E-state index in [1.807, 2.05) is 6.92 Å². The van der Waals surface area contributed by atoms with Crippen molar-refractivity contribution >= 4 is 11.7 Å². The molecule has 0 aliphatic rings. The molecule has 2 N–H and O–H groups in total. The molecular weight excluding hydrogens is 248 g/mol. The van der Waals surface area contributed by atoms with Gasteiger partial charge in [-0.15, -0.1) is 0 Å². The number of carbonyl (C=O) groups is 1. The van der Waals surface area contributed by atoms with E-state index in [1.165, 1.54) is 12.3 Å². The molecule has 7 heteroatoms. The minimum absolute atomic E-state index is 0.146. The van der Waals surface area contributed by atoms with Crippen LogP contribution in [0.1, 0.15) is 5.69 Å². The summed E-state index contributed by atoms with van der Waals surface area (Å²) in [6, 6.07) is 3.07. The van der Waals surface area contributed by atoms with E-state index in [0.29, 0.717) is 5.82 Å². The Hall–Kier alpha value is -2.57. The summed E-state index contributed by atoms with van der Waals surface area (Å²) in [6.07, 6.45) is 3.08. The van der Waals surface area contributed by atoms with Gasteiger partial charge >= 0.3 is 0 Å². The Morgan fingerprint density at radius 1 is 1.58 bits per heavy atom. The van der Waals surface area contributed by atoms with Crippen molar-refractivity contribution in [3.8, 4) is 5.75 Å². The van der Waals surface area contributed by atoms with Crippen LogP contribution >= 0.6 is 0 Å². The van der Waals surface area contributed by atoms with Gasteiger partial charge in [-0.25, -0.2) is 0 Å². The number of hydrogen-bond donors (Lipinski definition) is 2. The summed E-state index contributed by atoms with van der Waals surface area (Å²) in [7, 11) is 1.80.